The number of halogens is 3. The molecule has 1 N–H and O–H groups in total. The molecule has 1 fully saturated rings. The number of carbonyl (C=O) groups excluding carboxylic acids is 1. The van der Waals surface area contributed by atoms with Crippen LogP contribution < -0.4 is 15.0 Å². The Hall–Kier alpha value is -3.30. The third-order valence-corrected chi connectivity index (χ3v) is 4.99. The number of alkyl halides is 3. The molecular formula is C20H20F3N5O2. The van der Waals surface area contributed by atoms with Gasteiger partial charge in [-0.25, -0.2) is 0 Å². The maximum Gasteiger partial charge on any atom is 0.573 e. The molecule has 1 saturated heterocycles. The second-order valence-corrected chi connectivity index (χ2v) is 7.12. The minimum Gasteiger partial charge on any atom is -0.406 e. The second-order valence-electron chi connectivity index (χ2n) is 7.12. The molecule has 0 radical (unpaired) electrons. The molecule has 0 unspecified atom stereocenters. The summed E-state index contributed by atoms with van der Waals surface area (Å²) >= 11 is 0. The van der Waals surface area contributed by atoms with Gasteiger partial charge in [-0.15, -0.1) is 23.4 Å². The molecule has 3 heterocycles. The first-order valence-electron chi connectivity index (χ1n) is 9.56. The molecule has 1 aliphatic rings. The first-order chi connectivity index (χ1) is 14.4. The van der Waals surface area contributed by atoms with E-state index in [1.165, 1.54) is 24.3 Å². The Morgan fingerprint density at radius 1 is 1.17 bits per heavy atom. The summed E-state index contributed by atoms with van der Waals surface area (Å²) in [4.78, 5) is 14.7. The number of fused-ring (bicyclic) bond motifs is 1. The maximum absolute atomic E-state index is 12.7. The Balaban J connectivity index is 1.34. The van der Waals surface area contributed by atoms with Crippen LogP contribution >= 0.6 is 0 Å². The molecule has 158 valence electrons. The number of aromatic nitrogens is 3. The average Bonchev–Trinajstić information content (AvgIpc) is 3.16. The fourth-order valence-electron chi connectivity index (χ4n) is 3.56. The molecule has 0 aliphatic carbocycles. The van der Waals surface area contributed by atoms with Gasteiger partial charge in [-0.2, -0.15) is 0 Å². The SMILES string of the molecule is O=C(NCc1ccc(OC(F)(F)F)cc1)[C@@H]1CCCN(c2nnc3ccccn23)C1. The van der Waals surface area contributed by atoms with Gasteiger partial charge in [-0.05, 0) is 42.7 Å². The molecule has 2 aromatic heterocycles. The van der Waals surface area contributed by atoms with Crippen molar-refractivity contribution >= 4 is 17.5 Å². The van der Waals surface area contributed by atoms with E-state index in [0.29, 0.717) is 18.1 Å². The standard InChI is InChI=1S/C20H20F3N5O2/c21-20(22,23)30-16-8-6-14(7-9-16)12-24-18(29)15-4-3-10-27(13-15)19-26-25-17-5-1-2-11-28(17)19/h1-2,5-9,11,15H,3-4,10,12-13H2,(H,24,29)/t15-/m1/s1. The Bertz CT molecular complexity index is 1020. The number of nitrogens with zero attached hydrogens (tertiary/aromatic N) is 4. The first kappa shape index (κ1) is 20.0. The van der Waals surface area contributed by atoms with Crippen LogP contribution in [0.2, 0.25) is 0 Å². The third-order valence-electron chi connectivity index (χ3n) is 4.99. The van der Waals surface area contributed by atoms with Crippen molar-refractivity contribution in [1.82, 2.24) is 19.9 Å². The lowest BCUT2D eigenvalue weighted by atomic mass is 9.97. The molecular weight excluding hydrogens is 399 g/mol. The fraction of sp³-hybridized carbons (Fsp3) is 0.350. The van der Waals surface area contributed by atoms with Gasteiger partial charge in [0.1, 0.15) is 5.75 Å². The molecule has 1 aliphatic heterocycles. The van der Waals surface area contributed by atoms with Crippen molar-refractivity contribution in [3.63, 3.8) is 0 Å². The van der Waals surface area contributed by atoms with Gasteiger partial charge in [0.15, 0.2) is 5.65 Å². The topological polar surface area (TPSA) is 71.8 Å². The van der Waals surface area contributed by atoms with E-state index in [1.807, 2.05) is 28.8 Å². The Kier molecular flexibility index (Phi) is 5.47. The molecule has 0 saturated carbocycles. The van der Waals surface area contributed by atoms with Crippen LogP contribution in [0.5, 0.6) is 5.75 Å². The van der Waals surface area contributed by atoms with Crippen LogP contribution in [0.1, 0.15) is 18.4 Å². The molecule has 0 spiro atoms. The predicted molar refractivity (Wildman–Crippen MR) is 103 cm³/mol. The number of pyridine rings is 1. The molecule has 3 aromatic rings. The number of carbonyl (C=O) groups is 1. The minimum absolute atomic E-state index is 0.0934. The maximum atomic E-state index is 12.7. The fourth-order valence-corrected chi connectivity index (χ4v) is 3.56. The van der Waals surface area contributed by atoms with E-state index in [-0.39, 0.29) is 24.1 Å². The summed E-state index contributed by atoms with van der Waals surface area (Å²) in [5.74, 6) is 0.121. The normalized spacial score (nSPS) is 17.2. The quantitative estimate of drug-likeness (QED) is 0.688. The molecule has 0 bridgehead atoms. The second kappa shape index (κ2) is 8.21. The van der Waals surface area contributed by atoms with Crippen molar-refractivity contribution in [2.45, 2.75) is 25.7 Å². The average molecular weight is 419 g/mol. The molecule has 10 heteroatoms. The van der Waals surface area contributed by atoms with E-state index in [9.17, 15) is 18.0 Å². The molecule has 1 aromatic carbocycles. The summed E-state index contributed by atoms with van der Waals surface area (Å²) in [5.41, 5.74) is 1.44. The number of hydrogen-bond donors (Lipinski definition) is 1. The molecule has 4 rings (SSSR count). The van der Waals surface area contributed by atoms with Crippen LogP contribution in [0.3, 0.4) is 0 Å². The van der Waals surface area contributed by atoms with Crippen LogP contribution in [0.15, 0.2) is 48.7 Å². The number of piperidine rings is 1. The van der Waals surface area contributed by atoms with Crippen molar-refractivity contribution in [1.29, 1.82) is 0 Å². The van der Waals surface area contributed by atoms with Gasteiger partial charge < -0.3 is 15.0 Å². The van der Waals surface area contributed by atoms with Crippen LogP contribution in [0.25, 0.3) is 5.65 Å². The molecule has 30 heavy (non-hydrogen) atoms. The number of hydrogen-bond acceptors (Lipinski definition) is 5. The van der Waals surface area contributed by atoms with Crippen LogP contribution in [0, 0.1) is 5.92 Å². The van der Waals surface area contributed by atoms with Crippen molar-refractivity contribution in [3.8, 4) is 5.75 Å². The van der Waals surface area contributed by atoms with Crippen molar-refractivity contribution in [3.05, 3.63) is 54.2 Å². The molecule has 1 amide bonds. The summed E-state index contributed by atoms with van der Waals surface area (Å²) in [7, 11) is 0. The minimum atomic E-state index is -4.72. The lowest BCUT2D eigenvalue weighted by molar-refractivity contribution is -0.274. The highest BCUT2D eigenvalue weighted by Crippen LogP contribution is 2.24. The van der Waals surface area contributed by atoms with Gasteiger partial charge in [-0.1, -0.05) is 18.2 Å². The van der Waals surface area contributed by atoms with E-state index in [2.05, 4.69) is 25.2 Å². The lowest BCUT2D eigenvalue weighted by Gasteiger charge is -2.32. The van der Waals surface area contributed by atoms with Gasteiger partial charge in [-0.3, -0.25) is 9.20 Å². The van der Waals surface area contributed by atoms with Gasteiger partial charge in [0, 0.05) is 25.8 Å². The number of nitrogens with one attached hydrogen (secondary N) is 1. The van der Waals surface area contributed by atoms with Crippen LogP contribution in [0.4, 0.5) is 19.1 Å². The monoisotopic (exact) mass is 419 g/mol. The number of ether oxygens (including phenoxy) is 1. The zero-order chi connectivity index (χ0) is 21.1. The van der Waals surface area contributed by atoms with Crippen LogP contribution in [-0.2, 0) is 11.3 Å². The Labute approximate surface area is 170 Å². The summed E-state index contributed by atoms with van der Waals surface area (Å²) in [6.07, 6.45) is -1.22. The molecule has 7 nitrogen and oxygen atoms in total. The summed E-state index contributed by atoms with van der Waals surface area (Å²) in [6.45, 7) is 1.55. The Morgan fingerprint density at radius 2 is 1.97 bits per heavy atom. The van der Waals surface area contributed by atoms with Gasteiger partial charge in [0.25, 0.3) is 0 Å². The van der Waals surface area contributed by atoms with E-state index in [1.54, 1.807) is 0 Å². The lowest BCUT2D eigenvalue weighted by Crippen LogP contribution is -2.43. The van der Waals surface area contributed by atoms with Gasteiger partial charge in [0.2, 0.25) is 11.9 Å². The number of anilines is 1. The van der Waals surface area contributed by atoms with Crippen molar-refractivity contribution in [2.75, 3.05) is 18.0 Å². The zero-order valence-corrected chi connectivity index (χ0v) is 16.0. The van der Waals surface area contributed by atoms with E-state index < -0.39 is 6.36 Å². The predicted octanol–water partition coefficient (Wildman–Crippen LogP) is 3.16. The number of benzene rings is 1. The highest BCUT2D eigenvalue weighted by Gasteiger charge is 2.31. The van der Waals surface area contributed by atoms with Crippen molar-refractivity contribution < 1.29 is 22.7 Å². The zero-order valence-electron chi connectivity index (χ0n) is 16.0. The van der Waals surface area contributed by atoms with Crippen molar-refractivity contribution in [2.24, 2.45) is 5.92 Å². The van der Waals surface area contributed by atoms with Crippen LogP contribution in [-0.4, -0.2) is 40.0 Å². The van der Waals surface area contributed by atoms with Gasteiger partial charge >= 0.3 is 6.36 Å². The summed E-state index contributed by atoms with van der Waals surface area (Å²) < 4.78 is 42.4. The van der Waals surface area contributed by atoms with E-state index in [0.717, 1.165) is 25.0 Å². The smallest absolute Gasteiger partial charge is 0.406 e. The summed E-state index contributed by atoms with van der Waals surface area (Å²) in [5, 5.41) is 11.3. The van der Waals surface area contributed by atoms with E-state index >= 15 is 0 Å². The highest BCUT2D eigenvalue weighted by atomic mass is 19.4. The number of amides is 1. The van der Waals surface area contributed by atoms with E-state index in [4.69, 9.17) is 0 Å². The first-order valence-corrected chi connectivity index (χ1v) is 9.56. The highest BCUT2D eigenvalue weighted by molar-refractivity contribution is 5.79. The third kappa shape index (κ3) is 4.64. The number of rotatable bonds is 5. The Morgan fingerprint density at radius 3 is 2.73 bits per heavy atom. The molecule has 1 atom stereocenters. The largest absolute Gasteiger partial charge is 0.573 e. The summed E-state index contributed by atoms with van der Waals surface area (Å²) in [6, 6.07) is 11.1. The van der Waals surface area contributed by atoms with Gasteiger partial charge in [0.05, 0.1) is 5.92 Å².